The van der Waals surface area contributed by atoms with Crippen molar-refractivity contribution < 1.29 is 14.6 Å². The van der Waals surface area contributed by atoms with Crippen LogP contribution < -0.4 is 10.2 Å². The summed E-state index contributed by atoms with van der Waals surface area (Å²) >= 11 is 0. The lowest BCUT2D eigenvalue weighted by atomic mass is 10.1. The number of fused-ring (bicyclic) bond motifs is 1. The molecular formula is C18H24N2O4. The molecule has 0 spiro atoms. The van der Waals surface area contributed by atoms with E-state index in [0.29, 0.717) is 23.4 Å². The lowest BCUT2D eigenvalue weighted by Crippen LogP contribution is -2.20. The van der Waals surface area contributed by atoms with Crippen LogP contribution in [0.5, 0.6) is 5.75 Å². The van der Waals surface area contributed by atoms with Gasteiger partial charge in [0.2, 0.25) is 0 Å². The molecule has 6 heteroatoms. The van der Waals surface area contributed by atoms with Crippen molar-refractivity contribution in [3.8, 4) is 5.75 Å². The number of nitrogens with zero attached hydrogens (tertiary/aromatic N) is 2. The number of pyridine rings is 1. The van der Waals surface area contributed by atoms with Crippen molar-refractivity contribution in [1.29, 1.82) is 0 Å². The van der Waals surface area contributed by atoms with Gasteiger partial charge in [-0.15, -0.1) is 0 Å². The first-order valence-corrected chi connectivity index (χ1v) is 7.97. The fraction of sp³-hybridized carbons (Fsp3) is 0.444. The predicted octanol–water partition coefficient (Wildman–Crippen LogP) is 2.15. The molecule has 24 heavy (non-hydrogen) atoms. The average Bonchev–Trinajstić information content (AvgIpc) is 2.46. The van der Waals surface area contributed by atoms with Gasteiger partial charge < -0.3 is 19.3 Å². The monoisotopic (exact) mass is 332 g/mol. The zero-order valence-corrected chi connectivity index (χ0v) is 14.6. The Hall–Kier alpha value is -2.34. The minimum Gasteiger partial charge on any atom is -0.492 e. The molecule has 6 nitrogen and oxygen atoms in total. The number of rotatable bonds is 7. The first kappa shape index (κ1) is 18.0. The molecule has 0 radical (unpaired) electrons. The van der Waals surface area contributed by atoms with Crippen LogP contribution in [0.25, 0.3) is 10.9 Å². The van der Waals surface area contributed by atoms with Gasteiger partial charge in [0, 0.05) is 29.7 Å². The Morgan fingerprint density at radius 3 is 2.58 bits per heavy atom. The molecule has 2 aromatic rings. The molecule has 0 fully saturated rings. The molecule has 2 rings (SSSR count). The third kappa shape index (κ3) is 4.14. The molecular weight excluding hydrogens is 308 g/mol. The van der Waals surface area contributed by atoms with Crippen molar-refractivity contribution in [3.63, 3.8) is 0 Å². The van der Waals surface area contributed by atoms with E-state index in [0.717, 1.165) is 12.1 Å². The summed E-state index contributed by atoms with van der Waals surface area (Å²) in [6.45, 7) is 5.26. The van der Waals surface area contributed by atoms with Crippen molar-refractivity contribution >= 4 is 16.9 Å². The Kier molecular flexibility index (Phi) is 5.62. The number of ether oxygens (including phenoxy) is 1. The van der Waals surface area contributed by atoms with Crippen LogP contribution in [0, 0.1) is 0 Å². The maximum atomic E-state index is 12.4. The van der Waals surface area contributed by atoms with Crippen molar-refractivity contribution in [2.75, 3.05) is 27.2 Å². The summed E-state index contributed by atoms with van der Waals surface area (Å²) in [7, 11) is 3.93. The van der Waals surface area contributed by atoms with Crippen LogP contribution in [-0.2, 0) is 11.2 Å². The van der Waals surface area contributed by atoms with Crippen LogP contribution >= 0.6 is 0 Å². The highest BCUT2D eigenvalue weighted by Gasteiger charge is 2.14. The molecule has 0 bridgehead atoms. The maximum Gasteiger partial charge on any atom is 0.309 e. The van der Waals surface area contributed by atoms with Gasteiger partial charge in [-0.2, -0.15) is 0 Å². The summed E-state index contributed by atoms with van der Waals surface area (Å²) in [5, 5.41) is 9.62. The number of benzene rings is 1. The molecule has 1 N–H and O–H groups in total. The molecule has 0 saturated carbocycles. The second kappa shape index (κ2) is 7.49. The van der Waals surface area contributed by atoms with Gasteiger partial charge in [0.25, 0.3) is 0 Å². The maximum absolute atomic E-state index is 12.4. The SMILES string of the molecule is CC(C)n1c(CC(=O)O)cc(=O)c2cc(OCCN(C)C)ccc21. The summed E-state index contributed by atoms with van der Waals surface area (Å²) in [5.74, 6) is -0.311. The number of hydrogen-bond acceptors (Lipinski definition) is 4. The molecule has 0 saturated heterocycles. The van der Waals surface area contributed by atoms with E-state index in [9.17, 15) is 9.59 Å². The molecule has 0 aliphatic heterocycles. The van der Waals surface area contributed by atoms with Crippen LogP contribution in [0.4, 0.5) is 0 Å². The van der Waals surface area contributed by atoms with Gasteiger partial charge in [-0.3, -0.25) is 9.59 Å². The Morgan fingerprint density at radius 1 is 1.29 bits per heavy atom. The largest absolute Gasteiger partial charge is 0.492 e. The molecule has 0 unspecified atom stereocenters. The van der Waals surface area contributed by atoms with Crippen LogP contribution in [0.3, 0.4) is 0 Å². The second-order valence-electron chi connectivity index (χ2n) is 6.36. The lowest BCUT2D eigenvalue weighted by Gasteiger charge is -2.20. The van der Waals surface area contributed by atoms with Crippen LogP contribution in [-0.4, -0.2) is 47.8 Å². The Balaban J connectivity index is 2.48. The van der Waals surface area contributed by atoms with E-state index < -0.39 is 5.97 Å². The fourth-order valence-electron chi connectivity index (χ4n) is 2.71. The van der Waals surface area contributed by atoms with Crippen molar-refractivity contribution in [1.82, 2.24) is 9.47 Å². The van der Waals surface area contributed by atoms with Gasteiger partial charge in [0.05, 0.1) is 11.9 Å². The molecule has 0 amide bonds. The number of carbonyl (C=O) groups is 1. The van der Waals surface area contributed by atoms with Crippen LogP contribution in [0.2, 0.25) is 0 Å². The first-order chi connectivity index (χ1) is 11.3. The minimum atomic E-state index is -0.952. The summed E-state index contributed by atoms with van der Waals surface area (Å²) < 4.78 is 7.59. The van der Waals surface area contributed by atoms with E-state index in [1.165, 1.54) is 6.07 Å². The zero-order valence-electron chi connectivity index (χ0n) is 14.6. The predicted molar refractivity (Wildman–Crippen MR) is 94.0 cm³/mol. The quantitative estimate of drug-likeness (QED) is 0.841. The van der Waals surface area contributed by atoms with Gasteiger partial charge >= 0.3 is 5.97 Å². The van der Waals surface area contributed by atoms with Gasteiger partial charge in [-0.1, -0.05) is 0 Å². The third-order valence-corrected chi connectivity index (χ3v) is 3.76. The standard InChI is InChI=1S/C18H24N2O4/c1-12(2)20-13(10-18(22)23)9-17(21)15-11-14(5-6-16(15)20)24-8-7-19(3)4/h5-6,9,11-12H,7-8,10H2,1-4H3,(H,22,23). The number of aliphatic carboxylic acids is 1. The summed E-state index contributed by atoms with van der Waals surface area (Å²) in [6, 6.07) is 6.84. The molecule has 0 aliphatic carbocycles. The van der Waals surface area contributed by atoms with Crippen molar-refractivity contribution in [2.45, 2.75) is 26.3 Å². The first-order valence-electron chi connectivity index (χ1n) is 7.97. The Morgan fingerprint density at radius 2 is 2.00 bits per heavy atom. The molecule has 1 heterocycles. The molecule has 1 aromatic heterocycles. The topological polar surface area (TPSA) is 71.8 Å². The minimum absolute atomic E-state index is 0.0444. The van der Waals surface area contributed by atoms with Crippen LogP contribution in [0.15, 0.2) is 29.1 Å². The summed E-state index contributed by atoms with van der Waals surface area (Å²) in [6.07, 6.45) is -0.176. The van der Waals surface area contributed by atoms with Gasteiger partial charge in [0.1, 0.15) is 12.4 Å². The summed E-state index contributed by atoms with van der Waals surface area (Å²) in [5.41, 5.74) is 1.06. The van der Waals surface area contributed by atoms with E-state index in [1.807, 2.05) is 49.5 Å². The number of carboxylic acid groups (broad SMARTS) is 1. The number of hydrogen-bond donors (Lipinski definition) is 1. The highest BCUT2D eigenvalue weighted by Crippen LogP contribution is 2.23. The normalized spacial score (nSPS) is 11.4. The highest BCUT2D eigenvalue weighted by atomic mass is 16.5. The summed E-state index contributed by atoms with van der Waals surface area (Å²) in [4.78, 5) is 25.5. The van der Waals surface area contributed by atoms with E-state index in [1.54, 1.807) is 6.07 Å². The van der Waals surface area contributed by atoms with E-state index in [-0.39, 0.29) is 17.9 Å². The smallest absolute Gasteiger partial charge is 0.309 e. The second-order valence-corrected chi connectivity index (χ2v) is 6.36. The lowest BCUT2D eigenvalue weighted by molar-refractivity contribution is -0.136. The Labute approximate surface area is 141 Å². The van der Waals surface area contributed by atoms with Gasteiger partial charge in [-0.05, 0) is 46.1 Å². The van der Waals surface area contributed by atoms with E-state index in [4.69, 9.17) is 9.84 Å². The van der Waals surface area contributed by atoms with Crippen molar-refractivity contribution in [3.05, 3.63) is 40.2 Å². The highest BCUT2D eigenvalue weighted by molar-refractivity contribution is 5.82. The Bertz CT molecular complexity index is 793. The number of carboxylic acids is 1. The fourth-order valence-corrected chi connectivity index (χ4v) is 2.71. The zero-order chi connectivity index (χ0) is 17.9. The third-order valence-electron chi connectivity index (χ3n) is 3.76. The number of likely N-dealkylation sites (N-methyl/N-ethyl adjacent to an activating group) is 1. The number of aromatic nitrogens is 1. The molecule has 1 aromatic carbocycles. The van der Waals surface area contributed by atoms with E-state index >= 15 is 0 Å². The molecule has 0 aliphatic rings. The molecule has 0 atom stereocenters. The van der Waals surface area contributed by atoms with Gasteiger partial charge in [-0.25, -0.2) is 0 Å². The average molecular weight is 332 g/mol. The van der Waals surface area contributed by atoms with Crippen LogP contribution in [0.1, 0.15) is 25.6 Å². The van der Waals surface area contributed by atoms with E-state index in [2.05, 4.69) is 0 Å². The van der Waals surface area contributed by atoms with Crippen molar-refractivity contribution in [2.24, 2.45) is 0 Å². The molecule has 130 valence electrons. The van der Waals surface area contributed by atoms with Gasteiger partial charge in [0.15, 0.2) is 5.43 Å².